The lowest BCUT2D eigenvalue weighted by Gasteiger charge is -2.04. The van der Waals surface area contributed by atoms with Crippen molar-refractivity contribution < 1.29 is 9.47 Å². The number of aryl methyl sites for hydroxylation is 1. The molecule has 1 aliphatic rings. The number of aromatic nitrogens is 2. The summed E-state index contributed by atoms with van der Waals surface area (Å²) in [7, 11) is 1.89. The van der Waals surface area contributed by atoms with E-state index in [-0.39, 0.29) is 6.79 Å². The highest BCUT2D eigenvalue weighted by atomic mass is 16.7. The van der Waals surface area contributed by atoms with E-state index >= 15 is 0 Å². The molecule has 2 heterocycles. The molecule has 5 heteroatoms. The largest absolute Gasteiger partial charge is 0.454 e. The van der Waals surface area contributed by atoms with Crippen molar-refractivity contribution in [1.82, 2.24) is 9.78 Å². The third-order valence-corrected chi connectivity index (χ3v) is 3.36. The molecule has 0 atom stereocenters. The molecule has 0 spiro atoms. The Labute approximate surface area is 129 Å². The minimum atomic E-state index is 0.255. The molecule has 0 fully saturated rings. The Balaban J connectivity index is 2.11. The number of nitrogens with zero attached hydrogens (tertiary/aromatic N) is 2. The zero-order valence-corrected chi connectivity index (χ0v) is 12.3. The molecule has 0 saturated heterocycles. The first kappa shape index (κ1) is 14.0. The van der Waals surface area contributed by atoms with Crippen molar-refractivity contribution in [2.24, 2.45) is 12.8 Å². The summed E-state index contributed by atoms with van der Waals surface area (Å²) in [5.41, 5.74) is 9.28. The van der Waals surface area contributed by atoms with Crippen LogP contribution in [0.15, 0.2) is 55.4 Å². The molecule has 5 nitrogen and oxygen atoms in total. The molecule has 1 aromatic carbocycles. The molecule has 1 aromatic heterocycles. The van der Waals surface area contributed by atoms with Crippen molar-refractivity contribution in [2.75, 3.05) is 6.79 Å². The second kappa shape index (κ2) is 5.81. The van der Waals surface area contributed by atoms with Crippen LogP contribution in [-0.2, 0) is 7.05 Å². The molecule has 0 unspecified atom stereocenters. The number of allylic oxidation sites excluding steroid dienone is 4. The first-order chi connectivity index (χ1) is 10.7. The zero-order chi connectivity index (χ0) is 15.5. The molecular formula is C17H17N3O2. The van der Waals surface area contributed by atoms with Crippen molar-refractivity contribution in [3.63, 3.8) is 0 Å². The summed E-state index contributed by atoms with van der Waals surface area (Å²) in [4.78, 5) is 0. The lowest BCUT2D eigenvalue weighted by molar-refractivity contribution is 0.174. The summed E-state index contributed by atoms with van der Waals surface area (Å²) in [6.45, 7) is 4.01. The number of rotatable bonds is 4. The van der Waals surface area contributed by atoms with Gasteiger partial charge in [-0.3, -0.25) is 4.68 Å². The van der Waals surface area contributed by atoms with E-state index in [9.17, 15) is 0 Å². The maximum atomic E-state index is 5.55. The minimum Gasteiger partial charge on any atom is -0.454 e. The van der Waals surface area contributed by atoms with Gasteiger partial charge in [0, 0.05) is 24.4 Å². The van der Waals surface area contributed by atoms with Gasteiger partial charge in [-0.05, 0) is 36.0 Å². The highest BCUT2D eigenvalue weighted by molar-refractivity contribution is 5.84. The number of fused-ring (bicyclic) bond motifs is 1. The highest BCUT2D eigenvalue weighted by Gasteiger charge is 2.18. The van der Waals surface area contributed by atoms with Gasteiger partial charge in [0.2, 0.25) is 6.79 Å². The van der Waals surface area contributed by atoms with E-state index in [1.54, 1.807) is 10.8 Å². The third kappa shape index (κ3) is 2.48. The molecule has 0 aliphatic carbocycles. The van der Waals surface area contributed by atoms with E-state index < -0.39 is 0 Å². The number of hydrogen-bond acceptors (Lipinski definition) is 4. The Morgan fingerprint density at radius 2 is 2.18 bits per heavy atom. The summed E-state index contributed by atoms with van der Waals surface area (Å²) in [5, 5.41) is 4.56. The molecule has 0 radical (unpaired) electrons. The number of ether oxygens (including phenoxy) is 2. The van der Waals surface area contributed by atoms with E-state index in [0.717, 1.165) is 33.9 Å². The second-order valence-corrected chi connectivity index (χ2v) is 4.85. The van der Waals surface area contributed by atoms with E-state index in [1.165, 1.54) is 6.20 Å². The maximum Gasteiger partial charge on any atom is 0.231 e. The predicted molar refractivity (Wildman–Crippen MR) is 86.3 cm³/mol. The Kier molecular flexibility index (Phi) is 3.70. The first-order valence-electron chi connectivity index (χ1n) is 6.88. The van der Waals surface area contributed by atoms with Crippen LogP contribution in [0.1, 0.15) is 5.56 Å². The molecular weight excluding hydrogens is 278 g/mol. The molecule has 2 N–H and O–H groups in total. The Morgan fingerprint density at radius 3 is 2.95 bits per heavy atom. The fourth-order valence-corrected chi connectivity index (χ4v) is 2.42. The van der Waals surface area contributed by atoms with Gasteiger partial charge in [0.25, 0.3) is 0 Å². The zero-order valence-electron chi connectivity index (χ0n) is 12.3. The standard InChI is InChI=1S/C17H17N3O2/c1-3-4-12(7-8-18)14-10-20(2)19-17(14)13-5-6-15-16(9-13)22-11-21-15/h3-10H,1,11,18H2,2H3/b8-7-,12-4+. The fourth-order valence-electron chi connectivity index (χ4n) is 2.42. The van der Waals surface area contributed by atoms with E-state index in [1.807, 2.05) is 43.6 Å². The quantitative estimate of drug-likeness (QED) is 0.881. The van der Waals surface area contributed by atoms with Crippen LogP contribution < -0.4 is 15.2 Å². The average molecular weight is 295 g/mol. The van der Waals surface area contributed by atoms with Crippen LogP contribution >= 0.6 is 0 Å². The van der Waals surface area contributed by atoms with Gasteiger partial charge >= 0.3 is 0 Å². The van der Waals surface area contributed by atoms with Gasteiger partial charge in [-0.2, -0.15) is 5.10 Å². The molecule has 0 saturated carbocycles. The summed E-state index contributed by atoms with van der Waals surface area (Å²) in [5.74, 6) is 1.49. The SMILES string of the molecule is C=C/C=C(\C=C/N)c1cn(C)nc1-c1ccc2c(c1)OCO2. The van der Waals surface area contributed by atoms with Crippen LogP contribution in [-0.4, -0.2) is 16.6 Å². The molecule has 112 valence electrons. The Hall–Kier alpha value is -2.95. The second-order valence-electron chi connectivity index (χ2n) is 4.85. The van der Waals surface area contributed by atoms with E-state index in [4.69, 9.17) is 15.2 Å². The Bertz CT molecular complexity index is 772. The fraction of sp³-hybridized carbons (Fsp3) is 0.118. The maximum absolute atomic E-state index is 5.55. The van der Waals surface area contributed by atoms with Gasteiger partial charge in [0.1, 0.15) is 5.69 Å². The third-order valence-electron chi connectivity index (χ3n) is 3.36. The van der Waals surface area contributed by atoms with E-state index in [2.05, 4.69) is 11.7 Å². The van der Waals surface area contributed by atoms with Gasteiger partial charge in [0.15, 0.2) is 11.5 Å². The highest BCUT2D eigenvalue weighted by Crippen LogP contribution is 2.37. The molecule has 0 bridgehead atoms. The van der Waals surface area contributed by atoms with Gasteiger partial charge in [-0.15, -0.1) is 0 Å². The van der Waals surface area contributed by atoms with E-state index in [0.29, 0.717) is 0 Å². The number of hydrogen-bond donors (Lipinski definition) is 1. The van der Waals surface area contributed by atoms with Gasteiger partial charge < -0.3 is 15.2 Å². The van der Waals surface area contributed by atoms with Gasteiger partial charge in [-0.1, -0.05) is 18.7 Å². The lowest BCUT2D eigenvalue weighted by Crippen LogP contribution is -1.93. The van der Waals surface area contributed by atoms with Crippen molar-refractivity contribution in [1.29, 1.82) is 0 Å². The normalized spacial score (nSPS) is 13.8. The lowest BCUT2D eigenvalue weighted by atomic mass is 10.0. The smallest absolute Gasteiger partial charge is 0.231 e. The van der Waals surface area contributed by atoms with Crippen LogP contribution in [0.3, 0.4) is 0 Å². The average Bonchev–Trinajstić information content (AvgIpc) is 3.12. The summed E-state index contributed by atoms with van der Waals surface area (Å²) in [6, 6.07) is 5.80. The molecule has 0 amide bonds. The number of benzene rings is 1. The monoisotopic (exact) mass is 295 g/mol. The molecule has 22 heavy (non-hydrogen) atoms. The van der Waals surface area contributed by atoms with Crippen LogP contribution in [0.25, 0.3) is 16.8 Å². The van der Waals surface area contributed by atoms with Crippen molar-refractivity contribution in [3.05, 3.63) is 61.0 Å². The number of nitrogens with two attached hydrogens (primary N) is 1. The van der Waals surface area contributed by atoms with Crippen LogP contribution in [0.5, 0.6) is 11.5 Å². The van der Waals surface area contributed by atoms with Crippen molar-refractivity contribution in [3.8, 4) is 22.8 Å². The minimum absolute atomic E-state index is 0.255. The predicted octanol–water partition coefficient (Wildman–Crippen LogP) is 2.86. The van der Waals surface area contributed by atoms with Crippen LogP contribution in [0.2, 0.25) is 0 Å². The first-order valence-corrected chi connectivity index (χ1v) is 6.88. The summed E-state index contributed by atoms with van der Waals surface area (Å²) in [6.07, 6.45) is 8.92. The molecule has 1 aliphatic heterocycles. The van der Waals surface area contributed by atoms with Gasteiger partial charge in [0.05, 0.1) is 0 Å². The van der Waals surface area contributed by atoms with Gasteiger partial charge in [-0.25, -0.2) is 0 Å². The van der Waals surface area contributed by atoms with Crippen molar-refractivity contribution >= 4 is 5.57 Å². The summed E-state index contributed by atoms with van der Waals surface area (Å²) >= 11 is 0. The van der Waals surface area contributed by atoms with Crippen LogP contribution in [0.4, 0.5) is 0 Å². The Morgan fingerprint density at radius 1 is 1.36 bits per heavy atom. The molecule has 2 aromatic rings. The topological polar surface area (TPSA) is 62.3 Å². The van der Waals surface area contributed by atoms with Crippen molar-refractivity contribution in [2.45, 2.75) is 0 Å². The summed E-state index contributed by atoms with van der Waals surface area (Å²) < 4.78 is 12.6. The molecule has 3 rings (SSSR count). The van der Waals surface area contributed by atoms with Crippen LogP contribution in [0, 0.1) is 0 Å².